The molecule has 1 heterocycles. The molecule has 5 nitrogen and oxygen atoms in total. The number of hydrogen-bond donors (Lipinski definition) is 0. The van der Waals surface area contributed by atoms with E-state index in [0.29, 0.717) is 27.5 Å². The van der Waals surface area contributed by atoms with E-state index in [-0.39, 0.29) is 23.2 Å². The molecule has 2 amide bonds. The van der Waals surface area contributed by atoms with Gasteiger partial charge in [0.15, 0.2) is 0 Å². The zero-order chi connectivity index (χ0) is 21.1. The van der Waals surface area contributed by atoms with Crippen LogP contribution < -0.4 is 14.4 Å². The predicted molar refractivity (Wildman–Crippen MR) is 117 cm³/mol. The maximum atomic E-state index is 13.4. The van der Waals surface area contributed by atoms with Crippen molar-refractivity contribution in [1.82, 2.24) is 0 Å². The van der Waals surface area contributed by atoms with E-state index in [1.807, 2.05) is 52.0 Å². The summed E-state index contributed by atoms with van der Waals surface area (Å²) in [5.74, 6) is 0.529. The van der Waals surface area contributed by atoms with Gasteiger partial charge in [-0.1, -0.05) is 38.1 Å². The number of carbonyl (C=O) groups is 2. The van der Waals surface area contributed by atoms with Crippen LogP contribution in [0.3, 0.4) is 0 Å². The van der Waals surface area contributed by atoms with Crippen molar-refractivity contribution < 1.29 is 19.1 Å². The van der Waals surface area contributed by atoms with Gasteiger partial charge in [-0.25, -0.2) is 4.90 Å². The molecule has 2 aromatic rings. The third-order valence-corrected chi connectivity index (χ3v) is 5.32. The maximum Gasteiger partial charge on any atom is 0.272 e. The second kappa shape index (κ2) is 8.74. The lowest BCUT2D eigenvalue weighted by molar-refractivity contribution is -0.119. The highest BCUT2D eigenvalue weighted by atomic mass is 32.2. The fourth-order valence-electron chi connectivity index (χ4n) is 3.11. The van der Waals surface area contributed by atoms with Crippen molar-refractivity contribution >= 4 is 34.8 Å². The molecular weight excluding hydrogens is 386 g/mol. The molecule has 1 aliphatic heterocycles. The third-order valence-electron chi connectivity index (χ3n) is 4.24. The minimum atomic E-state index is -0.347. The number of benzene rings is 2. The molecule has 0 saturated heterocycles. The second-order valence-corrected chi connectivity index (χ2v) is 8.77. The summed E-state index contributed by atoms with van der Waals surface area (Å²) < 4.78 is 11.1. The van der Waals surface area contributed by atoms with Crippen molar-refractivity contribution in [3.63, 3.8) is 0 Å². The van der Waals surface area contributed by atoms with E-state index in [0.717, 1.165) is 5.75 Å². The Morgan fingerprint density at radius 3 is 2.14 bits per heavy atom. The van der Waals surface area contributed by atoms with E-state index in [1.54, 1.807) is 24.3 Å². The van der Waals surface area contributed by atoms with Gasteiger partial charge in [0.05, 0.1) is 29.4 Å². The highest BCUT2D eigenvalue weighted by Crippen LogP contribution is 2.42. The van der Waals surface area contributed by atoms with E-state index < -0.39 is 0 Å². The molecule has 0 aromatic heterocycles. The predicted octanol–water partition coefficient (Wildman–Crippen LogP) is 4.91. The van der Waals surface area contributed by atoms with Crippen LogP contribution >= 0.6 is 11.8 Å². The smallest absolute Gasteiger partial charge is 0.272 e. The second-order valence-electron chi connectivity index (χ2n) is 7.18. The van der Waals surface area contributed by atoms with Gasteiger partial charge < -0.3 is 9.47 Å². The minimum absolute atomic E-state index is 0.0582. The van der Waals surface area contributed by atoms with Gasteiger partial charge in [0.25, 0.3) is 11.8 Å². The normalized spacial score (nSPS) is 14.4. The molecule has 0 bridgehead atoms. The van der Waals surface area contributed by atoms with Gasteiger partial charge in [0.1, 0.15) is 11.5 Å². The fourth-order valence-corrected chi connectivity index (χ4v) is 4.10. The van der Waals surface area contributed by atoms with Crippen LogP contribution in [0.25, 0.3) is 5.57 Å². The van der Waals surface area contributed by atoms with E-state index in [1.165, 1.54) is 23.8 Å². The molecule has 29 heavy (non-hydrogen) atoms. The van der Waals surface area contributed by atoms with Gasteiger partial charge in [0, 0.05) is 5.25 Å². The van der Waals surface area contributed by atoms with E-state index in [4.69, 9.17) is 9.47 Å². The number of hydrogen-bond acceptors (Lipinski definition) is 5. The Morgan fingerprint density at radius 2 is 1.55 bits per heavy atom. The molecule has 2 aromatic carbocycles. The summed E-state index contributed by atoms with van der Waals surface area (Å²) >= 11 is 1.40. The topological polar surface area (TPSA) is 55.8 Å². The number of para-hydroxylation sites is 2. The average molecular weight is 412 g/mol. The summed E-state index contributed by atoms with van der Waals surface area (Å²) in [4.78, 5) is 28.3. The number of thioether (sulfide) groups is 1. The number of anilines is 1. The number of rotatable bonds is 7. The molecular formula is C23H25NO4S. The number of amides is 2. The van der Waals surface area contributed by atoms with Gasteiger partial charge in [0.2, 0.25) is 0 Å². The third kappa shape index (κ3) is 4.32. The van der Waals surface area contributed by atoms with E-state index in [9.17, 15) is 9.59 Å². The molecule has 0 saturated carbocycles. The van der Waals surface area contributed by atoms with Crippen LogP contribution in [-0.2, 0) is 9.59 Å². The van der Waals surface area contributed by atoms with Crippen LogP contribution in [0.15, 0.2) is 53.4 Å². The van der Waals surface area contributed by atoms with Gasteiger partial charge in [-0.05, 0) is 43.7 Å². The van der Waals surface area contributed by atoms with E-state index in [2.05, 4.69) is 0 Å². The average Bonchev–Trinajstić information content (AvgIpc) is 2.91. The summed E-state index contributed by atoms with van der Waals surface area (Å²) in [6.45, 7) is 7.91. The van der Waals surface area contributed by atoms with Gasteiger partial charge in [-0.3, -0.25) is 9.59 Å². The Labute approximate surface area is 175 Å². The Bertz CT molecular complexity index is 948. The number of nitrogens with zero attached hydrogens (tertiary/aromatic N) is 1. The van der Waals surface area contributed by atoms with E-state index >= 15 is 0 Å². The van der Waals surface area contributed by atoms with Gasteiger partial charge >= 0.3 is 0 Å². The fraction of sp³-hybridized carbons (Fsp3) is 0.304. The molecule has 3 rings (SSSR count). The lowest BCUT2D eigenvalue weighted by Crippen LogP contribution is -2.31. The number of ether oxygens (including phenoxy) is 2. The molecule has 152 valence electrons. The zero-order valence-electron chi connectivity index (χ0n) is 17.3. The quantitative estimate of drug-likeness (QED) is 0.606. The molecule has 0 atom stereocenters. The number of methoxy groups -OCH3 is 1. The van der Waals surface area contributed by atoms with Crippen molar-refractivity contribution in [2.75, 3.05) is 12.0 Å². The summed E-state index contributed by atoms with van der Waals surface area (Å²) in [6.07, 6.45) is 0.0582. The summed E-state index contributed by atoms with van der Waals surface area (Å²) in [6, 6.07) is 14.3. The van der Waals surface area contributed by atoms with Crippen LogP contribution in [0.5, 0.6) is 11.5 Å². The Balaban J connectivity index is 2.05. The summed E-state index contributed by atoms with van der Waals surface area (Å²) in [5.41, 5.74) is 1.55. The maximum absolute atomic E-state index is 13.4. The molecule has 0 radical (unpaired) electrons. The first-order valence-corrected chi connectivity index (χ1v) is 10.4. The molecule has 0 spiro atoms. The van der Waals surface area contributed by atoms with Crippen LogP contribution in [0.1, 0.15) is 33.3 Å². The van der Waals surface area contributed by atoms with Gasteiger partial charge in [-0.15, -0.1) is 11.8 Å². The standard InChI is InChI=1S/C23H25NO4S/c1-14(2)28-17-12-10-16(11-13-17)20-21(29-15(3)4)23(26)24(22(20)25)18-8-6-7-9-19(18)27-5/h6-15H,1-5H3. The molecule has 0 aliphatic carbocycles. The highest BCUT2D eigenvalue weighted by Gasteiger charge is 2.41. The van der Waals surface area contributed by atoms with Crippen molar-refractivity contribution in [1.29, 1.82) is 0 Å². The summed E-state index contributed by atoms with van der Waals surface area (Å²) in [7, 11) is 1.52. The zero-order valence-corrected chi connectivity index (χ0v) is 18.1. The molecule has 6 heteroatoms. The molecule has 0 N–H and O–H groups in total. The molecule has 1 aliphatic rings. The highest BCUT2D eigenvalue weighted by molar-refractivity contribution is 8.04. The van der Waals surface area contributed by atoms with Crippen LogP contribution in [-0.4, -0.2) is 30.3 Å². The largest absolute Gasteiger partial charge is 0.495 e. The van der Waals surface area contributed by atoms with Crippen LogP contribution in [0.2, 0.25) is 0 Å². The number of carbonyl (C=O) groups excluding carboxylic acids is 2. The first-order chi connectivity index (χ1) is 13.8. The minimum Gasteiger partial charge on any atom is -0.495 e. The lowest BCUT2D eigenvalue weighted by Gasteiger charge is -2.18. The van der Waals surface area contributed by atoms with Crippen LogP contribution in [0, 0.1) is 0 Å². The summed E-state index contributed by atoms with van der Waals surface area (Å²) in [5, 5.41) is 0.151. The lowest BCUT2D eigenvalue weighted by atomic mass is 10.1. The Morgan fingerprint density at radius 1 is 0.897 bits per heavy atom. The van der Waals surface area contributed by atoms with Crippen LogP contribution in [0.4, 0.5) is 5.69 Å². The Hall–Kier alpha value is -2.73. The van der Waals surface area contributed by atoms with Crippen molar-refractivity contribution in [3.05, 3.63) is 59.0 Å². The monoisotopic (exact) mass is 411 g/mol. The number of imide groups is 1. The van der Waals surface area contributed by atoms with Crippen molar-refractivity contribution in [2.24, 2.45) is 0 Å². The Kier molecular flexibility index (Phi) is 6.33. The van der Waals surface area contributed by atoms with Crippen molar-refractivity contribution in [3.8, 4) is 11.5 Å². The van der Waals surface area contributed by atoms with Gasteiger partial charge in [-0.2, -0.15) is 0 Å². The molecule has 0 unspecified atom stereocenters. The molecule has 0 fully saturated rings. The van der Waals surface area contributed by atoms with Crippen molar-refractivity contribution in [2.45, 2.75) is 39.0 Å². The first kappa shape index (κ1) is 21.0. The SMILES string of the molecule is COc1ccccc1N1C(=O)C(SC(C)C)=C(c2ccc(OC(C)C)cc2)C1=O. The first-order valence-electron chi connectivity index (χ1n) is 9.53.